The number of rotatable bonds is 55. The van der Waals surface area contributed by atoms with Crippen LogP contribution in [0, 0.1) is 29.6 Å². The molecule has 0 saturated heterocycles. The summed E-state index contributed by atoms with van der Waals surface area (Å²) in [6.07, 6.45) is 7.00. The van der Waals surface area contributed by atoms with E-state index in [1.165, 1.54) is 6.92 Å². The van der Waals surface area contributed by atoms with Crippen LogP contribution in [0.15, 0.2) is 30.5 Å². The highest BCUT2D eigenvalue weighted by atomic mass is 16.2. The highest BCUT2D eigenvalue weighted by Crippen LogP contribution is 2.21. The summed E-state index contributed by atoms with van der Waals surface area (Å²) >= 11 is 0. The fourth-order valence-corrected chi connectivity index (χ4v) is 11.7. The van der Waals surface area contributed by atoms with Crippen LogP contribution in [0.3, 0.4) is 0 Å². The van der Waals surface area contributed by atoms with E-state index in [0.717, 1.165) is 16.5 Å². The molecule has 0 bridgehead atoms. The highest BCUT2D eigenvalue weighted by molar-refractivity contribution is 5.99. The van der Waals surface area contributed by atoms with Gasteiger partial charge in [0.25, 0.3) is 0 Å². The van der Waals surface area contributed by atoms with E-state index in [0.29, 0.717) is 83.8 Å². The number of nitrogens with one attached hydrogen (secondary N) is 15. The number of benzene rings is 1. The smallest absolute Gasteiger partial charge is 0.243 e. The van der Waals surface area contributed by atoms with Gasteiger partial charge in [0, 0.05) is 23.5 Å². The number of H-pyrrole nitrogens is 1. The van der Waals surface area contributed by atoms with Gasteiger partial charge in [-0.15, -0.1) is 0 Å². The van der Waals surface area contributed by atoms with E-state index in [9.17, 15) is 71.9 Å². The van der Waals surface area contributed by atoms with Crippen LogP contribution < -0.4 is 109 Å². The summed E-state index contributed by atoms with van der Waals surface area (Å²) in [5, 5.41) is 37.2. The van der Waals surface area contributed by atoms with Crippen LogP contribution >= 0.6 is 0 Å². The highest BCUT2D eigenvalue weighted by Gasteiger charge is 2.36. The third-order valence-electron chi connectivity index (χ3n) is 18.3. The number of amides is 15. The first-order valence-corrected chi connectivity index (χ1v) is 38.5. The molecular weight excluding hydrogens is 1420 g/mol. The topological polar surface area (TPSA) is 596 Å². The van der Waals surface area contributed by atoms with Crippen LogP contribution in [-0.4, -0.2) is 212 Å². The van der Waals surface area contributed by atoms with Crippen molar-refractivity contribution < 1.29 is 71.9 Å². The Morgan fingerprint density at radius 1 is 0.382 bits per heavy atom. The van der Waals surface area contributed by atoms with Gasteiger partial charge < -0.3 is 114 Å². The Morgan fingerprint density at radius 2 is 0.764 bits per heavy atom. The Morgan fingerprint density at radius 3 is 1.25 bits per heavy atom. The van der Waals surface area contributed by atoms with Crippen LogP contribution in [0.4, 0.5) is 0 Å². The second-order valence-electron chi connectivity index (χ2n) is 29.5. The molecule has 1 aromatic heterocycles. The first kappa shape index (κ1) is 96.7. The molecule has 0 radical (unpaired) electrons. The molecule has 27 N–H and O–H groups in total. The molecule has 0 aliphatic heterocycles. The van der Waals surface area contributed by atoms with Gasteiger partial charge >= 0.3 is 0 Å². The van der Waals surface area contributed by atoms with Crippen molar-refractivity contribution in [2.45, 2.75) is 245 Å². The average Bonchev–Trinajstić information content (AvgIpc) is 1.66. The van der Waals surface area contributed by atoms with Crippen molar-refractivity contribution in [1.82, 2.24) is 79.4 Å². The number of carbonyl (C=O) groups is 15. The summed E-state index contributed by atoms with van der Waals surface area (Å²) in [6.45, 7) is 17.4. The third-order valence-corrected chi connectivity index (χ3v) is 18.3. The number of primary amides is 1. The van der Waals surface area contributed by atoms with Gasteiger partial charge in [0.2, 0.25) is 88.6 Å². The Balaban J connectivity index is 2.11. The lowest BCUT2D eigenvalue weighted by Gasteiger charge is -2.27. The van der Waals surface area contributed by atoms with E-state index in [1.807, 2.05) is 52.0 Å². The van der Waals surface area contributed by atoms with E-state index in [1.54, 1.807) is 47.7 Å². The molecule has 0 unspecified atom stereocenters. The standard InChI is InChI=1S/C74H129N21O15/c1-12-45(10)63(73(109)85-37-57(96)86-46(11)65(101)94-61(43(6)7)72(108)84-39-59(98)88-52(27-17-21-31-77)70(106)95-62(44(8)9)74(110)90-54(64(80)100)33-41(2)3)93-60(99)40-82-67(103)51(26-16-20-30-76)87-58(97)38-83-68(104)55(34-42(4)5)92-69(105)53(28-18-22-32-78)89-71(107)56(91-66(102)49(79)24-15-19-29-75)35-47-36-81-50-25-14-13-23-48(47)50/h13-14,23,25,36,41-46,49,51-56,61-63,81H,12,15-22,24,26-35,37-40,75-79H2,1-11H3,(H2,80,100)(H,82,103)(H,83,104)(H,84,108)(H,85,109)(H,86,96)(H,87,97)(H,88,98)(H,89,107)(H,90,110)(H,91,102)(H,92,105)(H,93,99)(H,94,101)(H,95,106)/t45-,46-,49-,51-,52-,53-,54-,55-,56-,61-,62-,63-/m0/s1. The lowest BCUT2D eigenvalue weighted by atomic mass is 9.98. The maximum atomic E-state index is 14.3. The summed E-state index contributed by atoms with van der Waals surface area (Å²) in [6, 6.07) is -5.35. The number of unbranched alkanes of at least 4 members (excludes halogenated alkanes) is 4. The Kier molecular flexibility index (Phi) is 45.6. The first-order chi connectivity index (χ1) is 52.0. The van der Waals surface area contributed by atoms with E-state index >= 15 is 0 Å². The van der Waals surface area contributed by atoms with Crippen LogP contribution in [-0.2, 0) is 78.3 Å². The van der Waals surface area contributed by atoms with Crippen molar-refractivity contribution in [2.75, 3.05) is 52.4 Å². The molecule has 0 aliphatic rings. The molecule has 0 aliphatic carbocycles. The van der Waals surface area contributed by atoms with E-state index < -0.39 is 199 Å². The molecule has 110 heavy (non-hydrogen) atoms. The number of aromatic nitrogens is 1. The van der Waals surface area contributed by atoms with Gasteiger partial charge in [-0.05, 0) is 158 Å². The zero-order valence-corrected chi connectivity index (χ0v) is 66.2. The molecule has 12 atom stereocenters. The number of fused-ring (bicyclic) bond motifs is 1. The zero-order chi connectivity index (χ0) is 82.7. The normalized spacial score (nSPS) is 14.6. The van der Waals surface area contributed by atoms with Gasteiger partial charge in [-0.1, -0.05) is 100 Å². The average molecular weight is 1550 g/mol. The number of nitrogens with two attached hydrogens (primary N) is 6. The molecule has 0 fully saturated rings. The van der Waals surface area contributed by atoms with Gasteiger partial charge in [0.05, 0.1) is 32.2 Å². The van der Waals surface area contributed by atoms with Gasteiger partial charge in [-0.2, -0.15) is 0 Å². The van der Waals surface area contributed by atoms with Crippen molar-refractivity contribution >= 4 is 99.5 Å². The Bertz CT molecular complexity index is 3310. The molecule has 0 spiro atoms. The lowest BCUT2D eigenvalue weighted by molar-refractivity contribution is -0.135. The SMILES string of the molecule is CC[C@H](C)[C@H](NC(=O)CNC(=O)[C@H](CCCCN)NC(=O)CNC(=O)[C@H](CC(C)C)NC(=O)[C@H](CCCCN)NC(=O)[C@H](Cc1c[nH]c2ccccc12)NC(=O)[C@@H](N)CCCCN)C(=O)NCC(=O)N[C@@H](C)C(=O)N[C@H](C(=O)NCC(=O)N[C@@H](CCCCN)C(=O)N[C@H](C(=O)N[C@@H](CC(C)C)C(N)=O)C(C)C)C(C)C. The van der Waals surface area contributed by atoms with Crippen molar-refractivity contribution in [3.63, 3.8) is 0 Å². The minimum atomic E-state index is -1.27. The van der Waals surface area contributed by atoms with Gasteiger partial charge in [0.1, 0.15) is 60.4 Å². The molecule has 620 valence electrons. The van der Waals surface area contributed by atoms with Crippen molar-refractivity contribution in [2.24, 2.45) is 64.0 Å². The van der Waals surface area contributed by atoms with Crippen molar-refractivity contribution in [1.29, 1.82) is 0 Å². The molecule has 15 amide bonds. The van der Waals surface area contributed by atoms with Crippen molar-refractivity contribution in [3.05, 3.63) is 36.0 Å². The summed E-state index contributed by atoms with van der Waals surface area (Å²) in [4.78, 5) is 206. The fraction of sp³-hybridized carbons (Fsp3) is 0.689. The summed E-state index contributed by atoms with van der Waals surface area (Å²) < 4.78 is 0. The largest absolute Gasteiger partial charge is 0.368 e. The minimum absolute atomic E-state index is 0.0167. The molecule has 1 aromatic carbocycles. The predicted molar refractivity (Wildman–Crippen MR) is 416 cm³/mol. The summed E-state index contributed by atoms with van der Waals surface area (Å²) in [7, 11) is 0. The fourth-order valence-electron chi connectivity index (χ4n) is 11.7. The number of para-hydroxylation sites is 1. The molecule has 2 aromatic rings. The zero-order valence-electron chi connectivity index (χ0n) is 66.2. The van der Waals surface area contributed by atoms with Gasteiger partial charge in [-0.3, -0.25) is 71.9 Å². The molecule has 36 heteroatoms. The quantitative estimate of drug-likeness (QED) is 0.0290. The lowest BCUT2D eigenvalue weighted by Crippen LogP contribution is -2.59. The first-order valence-electron chi connectivity index (χ1n) is 38.5. The predicted octanol–water partition coefficient (Wildman–Crippen LogP) is -3.18. The van der Waals surface area contributed by atoms with Gasteiger partial charge in [-0.25, -0.2) is 0 Å². The second kappa shape index (κ2) is 51.9. The summed E-state index contributed by atoms with van der Waals surface area (Å²) in [5.41, 5.74) is 36.2. The number of hydrogen-bond acceptors (Lipinski definition) is 20. The molecular formula is C74H129N21O15. The minimum Gasteiger partial charge on any atom is -0.368 e. The maximum absolute atomic E-state index is 14.3. The Labute approximate surface area is 646 Å². The van der Waals surface area contributed by atoms with Gasteiger partial charge in [0.15, 0.2) is 0 Å². The number of carbonyl (C=O) groups excluding carboxylic acids is 15. The van der Waals surface area contributed by atoms with E-state index in [2.05, 4.69) is 79.4 Å². The van der Waals surface area contributed by atoms with Crippen LogP contribution in [0.1, 0.15) is 178 Å². The van der Waals surface area contributed by atoms with E-state index in [-0.39, 0.29) is 56.9 Å². The van der Waals surface area contributed by atoms with Crippen LogP contribution in [0.25, 0.3) is 10.9 Å². The van der Waals surface area contributed by atoms with Crippen molar-refractivity contribution in [3.8, 4) is 0 Å². The van der Waals surface area contributed by atoms with E-state index in [4.69, 9.17) is 34.4 Å². The monoisotopic (exact) mass is 1550 g/mol. The Hall–Kier alpha value is -9.39. The number of hydrogen-bond donors (Lipinski definition) is 21. The molecule has 0 saturated carbocycles. The second-order valence-corrected chi connectivity index (χ2v) is 29.5. The molecule has 2 rings (SSSR count). The van der Waals surface area contributed by atoms with Crippen LogP contribution in [0.2, 0.25) is 0 Å². The molecule has 1 heterocycles. The number of aromatic amines is 1. The maximum Gasteiger partial charge on any atom is 0.243 e. The van der Waals surface area contributed by atoms with Crippen LogP contribution in [0.5, 0.6) is 0 Å². The third kappa shape index (κ3) is 36.4. The molecule has 36 nitrogen and oxygen atoms in total. The summed E-state index contributed by atoms with van der Waals surface area (Å²) in [5.74, 6) is -12.8.